The topological polar surface area (TPSA) is 215 Å². The van der Waals surface area contributed by atoms with Gasteiger partial charge >= 0.3 is 18.3 Å². The normalized spacial score (nSPS) is 15.6. The molecule has 4 aliphatic rings. The van der Waals surface area contributed by atoms with Crippen molar-refractivity contribution in [3.63, 3.8) is 0 Å². The summed E-state index contributed by atoms with van der Waals surface area (Å²) in [6, 6.07) is 42.5. The van der Waals surface area contributed by atoms with Crippen LogP contribution < -0.4 is 16.6 Å². The molecule has 6 aromatic carbocycles. The summed E-state index contributed by atoms with van der Waals surface area (Å²) < 4.78 is 33.9. The van der Waals surface area contributed by atoms with Gasteiger partial charge in [0.25, 0.3) is 5.56 Å². The second-order valence-corrected chi connectivity index (χ2v) is 21.6. The van der Waals surface area contributed by atoms with Gasteiger partial charge in [-0.3, -0.25) is 14.2 Å². The van der Waals surface area contributed by atoms with Crippen molar-refractivity contribution in [2.75, 3.05) is 32.2 Å². The molecule has 382 valence electrons. The Kier molecular flexibility index (Phi) is 17.9. The summed E-state index contributed by atoms with van der Waals surface area (Å²) in [5, 5.41) is 11.9. The molecule has 1 amide bonds. The standard InChI is InChI=1S/C27H21BrN2O4.C20H19NO4.C7H6BrNO2.Cl2OS/c28-16-9-11-22-24(13-16)29-25-12-10-17(30(25)26(22)31)14-33-27(32)34-15-23-20-7-3-1-5-18(20)19-6-2-4-8-21(19)23;22-19-10-9-13(21-19)11-24-20(23)25-12-18-16-7-3-1-5-14(16)15-6-2-4-8-17(15)18;8-4-1-2-5(7(10)11)6(9)3-4;1-4(2)3/h1-9,11,13,17,23H,10,12,14-15H2;1-8,13,18H,9-12H2,(H,21,22);1-3H,9H2,(H,10,11);. The summed E-state index contributed by atoms with van der Waals surface area (Å²) in [6.45, 7) is 0.675. The van der Waals surface area contributed by atoms with Crippen molar-refractivity contribution in [1.29, 1.82) is 0 Å². The minimum absolute atomic E-state index is 0.00105. The number of fused-ring (bicyclic) bond motifs is 8. The fourth-order valence-corrected chi connectivity index (χ4v) is 10.2. The largest absolute Gasteiger partial charge is 0.508 e. The Labute approximate surface area is 453 Å². The maximum absolute atomic E-state index is 13.1. The highest BCUT2D eigenvalue weighted by molar-refractivity contribution is 9.10. The van der Waals surface area contributed by atoms with Gasteiger partial charge in [0.2, 0.25) is 15.1 Å². The van der Waals surface area contributed by atoms with E-state index in [1.54, 1.807) is 22.8 Å². The molecule has 11 rings (SSSR count). The van der Waals surface area contributed by atoms with Crippen LogP contribution in [0, 0.1) is 0 Å². The molecule has 2 aliphatic heterocycles. The third-order valence-electron chi connectivity index (χ3n) is 12.8. The molecule has 0 bridgehead atoms. The van der Waals surface area contributed by atoms with Gasteiger partial charge in [-0.05, 0) is 93.7 Å². The number of carboxylic acid groups (broad SMARTS) is 1. The lowest BCUT2D eigenvalue weighted by atomic mass is 9.98. The molecule has 0 spiro atoms. The van der Waals surface area contributed by atoms with E-state index in [0.717, 1.165) is 25.9 Å². The lowest BCUT2D eigenvalue weighted by molar-refractivity contribution is -0.119. The average molecular weight is 1190 g/mol. The maximum Gasteiger partial charge on any atom is 0.508 e. The number of nitrogens with one attached hydrogen (secondary N) is 1. The van der Waals surface area contributed by atoms with Crippen molar-refractivity contribution in [3.05, 3.63) is 186 Å². The van der Waals surface area contributed by atoms with Gasteiger partial charge < -0.3 is 35.1 Å². The van der Waals surface area contributed by atoms with Crippen LogP contribution in [0.3, 0.4) is 0 Å². The van der Waals surface area contributed by atoms with Crippen LogP contribution in [-0.4, -0.2) is 75.5 Å². The molecule has 1 saturated heterocycles. The fraction of sp³-hybridized carbons (Fsp3) is 0.222. The van der Waals surface area contributed by atoms with E-state index in [1.807, 2.05) is 60.7 Å². The predicted octanol–water partition coefficient (Wildman–Crippen LogP) is 11.6. The lowest BCUT2D eigenvalue weighted by Gasteiger charge is -2.17. The number of hydrogen-bond donors (Lipinski definition) is 3. The number of benzene rings is 6. The average Bonchev–Trinajstić information content (AvgIpc) is 4.16. The molecule has 0 radical (unpaired) electrons. The van der Waals surface area contributed by atoms with Crippen molar-refractivity contribution in [1.82, 2.24) is 14.9 Å². The first kappa shape index (κ1) is 53.7. The zero-order chi connectivity index (χ0) is 52.5. The Morgan fingerprint density at radius 1 is 0.662 bits per heavy atom. The molecule has 2 aliphatic carbocycles. The van der Waals surface area contributed by atoms with E-state index in [2.05, 4.69) is 112 Å². The van der Waals surface area contributed by atoms with Gasteiger partial charge in [-0.15, -0.1) is 0 Å². The minimum atomic E-state index is -1.67. The molecule has 2 atom stereocenters. The zero-order valence-electron chi connectivity index (χ0n) is 39.1. The first-order chi connectivity index (χ1) is 35.7. The van der Waals surface area contributed by atoms with Gasteiger partial charge in [0.05, 0.1) is 28.6 Å². The van der Waals surface area contributed by atoms with E-state index >= 15 is 0 Å². The first-order valence-corrected chi connectivity index (χ1v) is 27.5. The molecular weight excluding hydrogens is 1140 g/mol. The van der Waals surface area contributed by atoms with E-state index in [0.29, 0.717) is 36.6 Å². The quantitative estimate of drug-likeness (QED) is 0.0697. The number of amides is 1. The number of nitrogen functional groups attached to an aromatic ring is 1. The number of ether oxygens (including phenoxy) is 4. The number of anilines is 1. The fourth-order valence-electron chi connectivity index (χ4n) is 9.48. The SMILES string of the molecule is Nc1cc(Br)ccc1C(=O)O.O=C(OCC1c2ccccc2-c2ccccc21)OCC1CCc2nc3cc(Br)ccc3c(=O)n21.O=C1CCC(COC(=O)OCC2c3ccccc3-c3ccccc32)N1.O=S(Cl)Cl. The summed E-state index contributed by atoms with van der Waals surface area (Å²) in [4.78, 5) is 63.7. The first-order valence-electron chi connectivity index (χ1n) is 23.1. The van der Waals surface area contributed by atoms with Gasteiger partial charge in [0.15, 0.2) is 0 Å². The summed E-state index contributed by atoms with van der Waals surface area (Å²) in [7, 11) is 7.36. The number of carbonyl (C=O) groups is 4. The Morgan fingerprint density at radius 3 is 1.59 bits per heavy atom. The van der Waals surface area contributed by atoms with Gasteiger partial charge in [-0.2, -0.15) is 0 Å². The Bertz CT molecular complexity index is 3250. The highest BCUT2D eigenvalue weighted by Gasteiger charge is 2.32. The van der Waals surface area contributed by atoms with Crippen LogP contribution in [0.4, 0.5) is 15.3 Å². The van der Waals surface area contributed by atoms with Gasteiger partial charge in [0.1, 0.15) is 32.3 Å². The van der Waals surface area contributed by atoms with Crippen LogP contribution in [-0.2, 0) is 39.4 Å². The van der Waals surface area contributed by atoms with Crippen LogP contribution >= 0.6 is 53.2 Å². The number of nitrogens with two attached hydrogens (primary N) is 1. The van der Waals surface area contributed by atoms with E-state index in [1.165, 1.54) is 39.4 Å². The van der Waals surface area contributed by atoms with E-state index < -0.39 is 27.5 Å². The monoisotopic (exact) mass is 1190 g/mol. The van der Waals surface area contributed by atoms with Crippen molar-refractivity contribution in [2.45, 2.75) is 49.6 Å². The molecule has 2 unspecified atom stereocenters. The highest BCUT2D eigenvalue weighted by atomic mass is 79.9. The Balaban J connectivity index is 0.000000159. The Morgan fingerprint density at radius 2 is 1.12 bits per heavy atom. The van der Waals surface area contributed by atoms with Crippen LogP contribution in [0.15, 0.2) is 147 Å². The van der Waals surface area contributed by atoms with Crippen LogP contribution in [0.2, 0.25) is 0 Å². The van der Waals surface area contributed by atoms with Crippen LogP contribution in [0.25, 0.3) is 33.2 Å². The maximum atomic E-state index is 13.1. The molecule has 4 N–H and O–H groups in total. The number of aromatic carboxylic acids is 1. The van der Waals surface area contributed by atoms with Gasteiger partial charge in [0, 0.05) is 60.7 Å². The number of aryl methyl sites for hydroxylation is 1. The molecule has 74 heavy (non-hydrogen) atoms. The van der Waals surface area contributed by atoms with Gasteiger partial charge in [-0.25, -0.2) is 23.6 Å². The summed E-state index contributed by atoms with van der Waals surface area (Å²) in [5.41, 5.74) is 15.7. The lowest BCUT2D eigenvalue weighted by Crippen LogP contribution is -2.31. The van der Waals surface area contributed by atoms with Crippen molar-refractivity contribution in [2.24, 2.45) is 0 Å². The smallest absolute Gasteiger partial charge is 0.478 e. The zero-order valence-corrected chi connectivity index (χ0v) is 44.6. The number of carboxylic acids is 1. The van der Waals surface area contributed by atoms with Gasteiger partial charge in [-0.1, -0.05) is 129 Å². The molecule has 0 saturated carbocycles. The van der Waals surface area contributed by atoms with Crippen molar-refractivity contribution in [3.8, 4) is 22.3 Å². The molecule has 1 fully saturated rings. The van der Waals surface area contributed by atoms with E-state index in [4.69, 9.17) is 34.0 Å². The Hall–Kier alpha value is -6.57. The summed E-state index contributed by atoms with van der Waals surface area (Å²) in [6.07, 6.45) is 1.12. The number of aromatic nitrogens is 2. The van der Waals surface area contributed by atoms with Crippen LogP contribution in [0.5, 0.6) is 0 Å². The van der Waals surface area contributed by atoms with Crippen molar-refractivity contribution >= 4 is 103 Å². The third kappa shape index (κ3) is 12.8. The number of hydrogen-bond acceptors (Lipinski definition) is 12. The minimum Gasteiger partial charge on any atom is -0.478 e. The molecule has 20 heteroatoms. The molecular formula is C54H46Br2Cl2N4O11S. The number of rotatable bonds is 9. The second kappa shape index (κ2) is 24.6. The summed E-state index contributed by atoms with van der Waals surface area (Å²) in [5.74, 6) is -0.288. The van der Waals surface area contributed by atoms with Crippen LogP contribution in [0.1, 0.15) is 75.6 Å². The summed E-state index contributed by atoms with van der Waals surface area (Å²) >= 11 is 6.60. The highest BCUT2D eigenvalue weighted by Crippen LogP contribution is 2.46. The number of carbonyl (C=O) groups excluding carboxylic acids is 3. The molecule has 7 aromatic rings. The molecule has 1 aromatic heterocycles. The van der Waals surface area contributed by atoms with E-state index in [9.17, 15) is 24.0 Å². The predicted molar refractivity (Wildman–Crippen MR) is 290 cm³/mol. The number of nitrogens with zero attached hydrogens (tertiary/aromatic N) is 2. The third-order valence-corrected chi connectivity index (χ3v) is 13.8. The second-order valence-electron chi connectivity index (χ2n) is 17.3. The molecule has 15 nitrogen and oxygen atoms in total. The molecule has 3 heterocycles. The number of halogens is 4. The van der Waals surface area contributed by atoms with Crippen molar-refractivity contribution < 1.29 is 47.4 Å². The van der Waals surface area contributed by atoms with E-state index in [-0.39, 0.29) is 73.1 Å².